The van der Waals surface area contributed by atoms with Crippen molar-refractivity contribution in [1.82, 2.24) is 10.6 Å². The van der Waals surface area contributed by atoms with Crippen molar-refractivity contribution in [3.8, 4) is 0 Å². The van der Waals surface area contributed by atoms with E-state index in [-0.39, 0.29) is 0 Å². The highest BCUT2D eigenvalue weighted by atomic mass is 15.0. The van der Waals surface area contributed by atoms with E-state index in [4.69, 9.17) is 0 Å². The highest BCUT2D eigenvalue weighted by molar-refractivity contribution is 5.32. The molecule has 0 aromatic heterocycles. The van der Waals surface area contributed by atoms with Crippen molar-refractivity contribution in [2.75, 3.05) is 19.6 Å². The Labute approximate surface area is 159 Å². The largest absolute Gasteiger partial charge is 0.315 e. The summed E-state index contributed by atoms with van der Waals surface area (Å²) < 4.78 is 0. The number of hydrogen-bond acceptors (Lipinski definition) is 2. The molecule has 140 valence electrons. The van der Waals surface area contributed by atoms with Gasteiger partial charge in [0.1, 0.15) is 0 Å². The highest BCUT2D eigenvalue weighted by Gasteiger charge is 2.20. The minimum atomic E-state index is 0.469. The predicted molar refractivity (Wildman–Crippen MR) is 112 cm³/mol. The van der Waals surface area contributed by atoms with Gasteiger partial charge < -0.3 is 10.6 Å². The van der Waals surface area contributed by atoms with Gasteiger partial charge in [-0.3, -0.25) is 0 Å². The maximum Gasteiger partial charge on any atom is 0.0101 e. The summed E-state index contributed by atoms with van der Waals surface area (Å²) in [5, 5.41) is 7.41. The molecule has 1 saturated carbocycles. The first-order chi connectivity index (χ1) is 12.8. The maximum absolute atomic E-state index is 3.76. The van der Waals surface area contributed by atoms with Crippen molar-refractivity contribution >= 4 is 0 Å². The lowest BCUT2D eigenvalue weighted by Crippen LogP contribution is -2.40. The van der Waals surface area contributed by atoms with Crippen molar-refractivity contribution < 1.29 is 0 Å². The molecule has 2 aromatic carbocycles. The third kappa shape index (κ3) is 5.69. The van der Waals surface area contributed by atoms with Crippen LogP contribution in [0.15, 0.2) is 60.7 Å². The summed E-state index contributed by atoms with van der Waals surface area (Å²) in [4.78, 5) is 0. The first-order valence-electron chi connectivity index (χ1n) is 10.4. The van der Waals surface area contributed by atoms with Crippen LogP contribution in [0.5, 0.6) is 0 Å². The molecule has 0 heterocycles. The van der Waals surface area contributed by atoms with Gasteiger partial charge in [-0.1, -0.05) is 80.4 Å². The van der Waals surface area contributed by atoms with Gasteiger partial charge >= 0.3 is 0 Å². The first-order valence-corrected chi connectivity index (χ1v) is 10.4. The lowest BCUT2D eigenvalue weighted by Gasteiger charge is -2.29. The summed E-state index contributed by atoms with van der Waals surface area (Å²) in [6.07, 6.45) is 6.68. The van der Waals surface area contributed by atoms with E-state index in [0.717, 1.165) is 38.0 Å². The lowest BCUT2D eigenvalue weighted by atomic mass is 9.86. The number of hydrogen-bond donors (Lipinski definition) is 2. The molecule has 2 unspecified atom stereocenters. The smallest absolute Gasteiger partial charge is 0.0101 e. The van der Waals surface area contributed by atoms with E-state index in [2.05, 4.69) is 78.2 Å². The molecule has 0 radical (unpaired) electrons. The standard InChI is InChI=1S/C24H34N2/c1-20-10-8-9-15-24(20)26-19-18-25-17-16-23(21-11-4-2-5-12-21)22-13-6-3-7-14-22/h2-7,11-14,20,23-26H,8-10,15-19H2,1H3. The topological polar surface area (TPSA) is 24.1 Å². The summed E-state index contributed by atoms with van der Waals surface area (Å²) in [6.45, 7) is 5.58. The van der Waals surface area contributed by atoms with Crippen LogP contribution in [0.25, 0.3) is 0 Å². The van der Waals surface area contributed by atoms with Gasteiger partial charge in [0.25, 0.3) is 0 Å². The van der Waals surface area contributed by atoms with E-state index < -0.39 is 0 Å². The Morgan fingerprint density at radius 3 is 2.04 bits per heavy atom. The Morgan fingerprint density at radius 2 is 1.42 bits per heavy atom. The molecule has 2 nitrogen and oxygen atoms in total. The van der Waals surface area contributed by atoms with Gasteiger partial charge in [-0.15, -0.1) is 0 Å². The highest BCUT2D eigenvalue weighted by Crippen LogP contribution is 2.27. The molecule has 0 amide bonds. The lowest BCUT2D eigenvalue weighted by molar-refractivity contribution is 0.281. The SMILES string of the molecule is CC1CCCCC1NCCNCCC(c1ccccc1)c1ccccc1. The number of rotatable bonds is 9. The summed E-state index contributed by atoms with van der Waals surface area (Å²) in [5.74, 6) is 1.31. The monoisotopic (exact) mass is 350 g/mol. The van der Waals surface area contributed by atoms with Crippen LogP contribution in [-0.4, -0.2) is 25.7 Å². The quantitative estimate of drug-likeness (QED) is 0.624. The average molecular weight is 351 g/mol. The fraction of sp³-hybridized carbons (Fsp3) is 0.500. The molecule has 0 saturated heterocycles. The summed E-state index contributed by atoms with van der Waals surface area (Å²) in [7, 11) is 0. The third-order valence-corrected chi connectivity index (χ3v) is 5.83. The molecule has 3 rings (SSSR count). The second-order valence-corrected chi connectivity index (χ2v) is 7.73. The van der Waals surface area contributed by atoms with Gasteiger partial charge in [0.05, 0.1) is 0 Å². The van der Waals surface area contributed by atoms with Gasteiger partial charge in [-0.25, -0.2) is 0 Å². The molecule has 2 atom stereocenters. The van der Waals surface area contributed by atoms with Crippen LogP contribution in [0.1, 0.15) is 56.1 Å². The first kappa shape index (κ1) is 19.1. The fourth-order valence-corrected chi connectivity index (χ4v) is 4.23. The van der Waals surface area contributed by atoms with Crippen molar-refractivity contribution in [3.05, 3.63) is 71.8 Å². The normalized spacial score (nSPS) is 20.4. The zero-order chi connectivity index (χ0) is 18.0. The van der Waals surface area contributed by atoms with Crippen molar-refractivity contribution in [2.45, 2.75) is 51.0 Å². The van der Waals surface area contributed by atoms with Crippen molar-refractivity contribution in [3.63, 3.8) is 0 Å². The summed E-state index contributed by atoms with van der Waals surface area (Å²) in [5.41, 5.74) is 2.82. The fourth-order valence-electron chi connectivity index (χ4n) is 4.23. The Hall–Kier alpha value is -1.64. The Bertz CT molecular complexity index is 571. The van der Waals surface area contributed by atoms with Gasteiger partial charge in [0.15, 0.2) is 0 Å². The van der Waals surface area contributed by atoms with Gasteiger partial charge in [0, 0.05) is 25.0 Å². The summed E-state index contributed by atoms with van der Waals surface area (Å²) >= 11 is 0. The Morgan fingerprint density at radius 1 is 0.808 bits per heavy atom. The molecule has 26 heavy (non-hydrogen) atoms. The van der Waals surface area contributed by atoms with Crippen LogP contribution in [0.3, 0.4) is 0 Å². The molecule has 1 fully saturated rings. The predicted octanol–water partition coefficient (Wildman–Crippen LogP) is 4.97. The molecule has 0 bridgehead atoms. The molecular formula is C24H34N2. The van der Waals surface area contributed by atoms with Crippen LogP contribution < -0.4 is 10.6 Å². The second-order valence-electron chi connectivity index (χ2n) is 7.73. The molecule has 1 aliphatic carbocycles. The number of nitrogens with one attached hydrogen (secondary N) is 2. The van der Waals surface area contributed by atoms with Crippen LogP contribution >= 0.6 is 0 Å². The van der Waals surface area contributed by atoms with Crippen LogP contribution in [0, 0.1) is 5.92 Å². The maximum atomic E-state index is 3.76. The minimum absolute atomic E-state index is 0.469. The van der Waals surface area contributed by atoms with E-state index in [1.165, 1.54) is 36.8 Å². The van der Waals surface area contributed by atoms with Crippen LogP contribution in [0.2, 0.25) is 0 Å². The summed E-state index contributed by atoms with van der Waals surface area (Å²) in [6, 6.07) is 22.5. The minimum Gasteiger partial charge on any atom is -0.315 e. The average Bonchev–Trinajstić information content (AvgIpc) is 2.70. The second kappa shape index (κ2) is 10.5. The zero-order valence-corrected chi connectivity index (χ0v) is 16.2. The molecule has 1 aliphatic rings. The molecule has 2 N–H and O–H groups in total. The third-order valence-electron chi connectivity index (χ3n) is 5.83. The van der Waals surface area contributed by atoms with Crippen LogP contribution in [-0.2, 0) is 0 Å². The van der Waals surface area contributed by atoms with E-state index in [1.54, 1.807) is 0 Å². The Kier molecular flexibility index (Phi) is 7.72. The van der Waals surface area contributed by atoms with E-state index in [1.807, 2.05) is 0 Å². The van der Waals surface area contributed by atoms with Gasteiger partial charge in [-0.2, -0.15) is 0 Å². The van der Waals surface area contributed by atoms with E-state index in [0.29, 0.717) is 5.92 Å². The van der Waals surface area contributed by atoms with Gasteiger partial charge in [0.2, 0.25) is 0 Å². The van der Waals surface area contributed by atoms with Gasteiger partial charge in [-0.05, 0) is 42.9 Å². The van der Waals surface area contributed by atoms with Crippen molar-refractivity contribution in [2.24, 2.45) is 5.92 Å². The zero-order valence-electron chi connectivity index (χ0n) is 16.2. The van der Waals surface area contributed by atoms with E-state index >= 15 is 0 Å². The van der Waals surface area contributed by atoms with E-state index in [9.17, 15) is 0 Å². The Balaban J connectivity index is 1.43. The molecule has 2 aromatic rings. The molecule has 0 spiro atoms. The molecular weight excluding hydrogens is 316 g/mol. The number of benzene rings is 2. The molecule has 0 aliphatic heterocycles. The van der Waals surface area contributed by atoms with Crippen LogP contribution in [0.4, 0.5) is 0 Å². The molecule has 2 heteroatoms. The van der Waals surface area contributed by atoms with Crippen molar-refractivity contribution in [1.29, 1.82) is 0 Å².